The molecule has 3 heteroatoms. The maximum Gasteiger partial charge on any atom is 0.119 e. The fourth-order valence-corrected chi connectivity index (χ4v) is 2.41. The zero-order valence-corrected chi connectivity index (χ0v) is 14.2. The molecule has 0 aromatic heterocycles. The van der Waals surface area contributed by atoms with Crippen LogP contribution in [-0.4, -0.2) is 31.1 Å². The summed E-state index contributed by atoms with van der Waals surface area (Å²) in [4.78, 5) is 2.49. The van der Waals surface area contributed by atoms with E-state index >= 15 is 0 Å². The average Bonchev–Trinajstić information content (AvgIpc) is 2.45. The molecule has 2 N–H and O–H groups in total. The Bertz CT molecular complexity index is 404. The van der Waals surface area contributed by atoms with Gasteiger partial charge in [0.2, 0.25) is 0 Å². The number of benzene rings is 1. The van der Waals surface area contributed by atoms with Gasteiger partial charge >= 0.3 is 0 Å². The van der Waals surface area contributed by atoms with Crippen LogP contribution in [0.15, 0.2) is 24.3 Å². The molecule has 0 amide bonds. The largest absolute Gasteiger partial charge is 0.494 e. The van der Waals surface area contributed by atoms with Crippen LogP contribution in [0.5, 0.6) is 5.75 Å². The first-order chi connectivity index (χ1) is 10.0. The van der Waals surface area contributed by atoms with Gasteiger partial charge in [-0.05, 0) is 49.0 Å². The Kier molecular flexibility index (Phi) is 7.76. The second-order valence-corrected chi connectivity index (χ2v) is 6.57. The molecule has 0 spiro atoms. The number of nitrogens with two attached hydrogens (primary N) is 1. The lowest BCUT2D eigenvalue weighted by Gasteiger charge is -2.31. The third-order valence-corrected chi connectivity index (χ3v) is 3.52. The highest BCUT2D eigenvalue weighted by atomic mass is 16.5. The molecule has 0 radical (unpaired) electrons. The van der Waals surface area contributed by atoms with E-state index < -0.39 is 0 Å². The Morgan fingerprint density at radius 3 is 2.57 bits per heavy atom. The fourth-order valence-electron chi connectivity index (χ4n) is 2.41. The maximum atomic E-state index is 5.88. The van der Waals surface area contributed by atoms with Crippen molar-refractivity contribution >= 4 is 0 Å². The molecule has 0 heterocycles. The lowest BCUT2D eigenvalue weighted by molar-refractivity contribution is 0.175. The molecule has 0 fully saturated rings. The molecule has 0 atom stereocenters. The van der Waals surface area contributed by atoms with E-state index in [1.54, 1.807) is 0 Å². The quantitative estimate of drug-likeness (QED) is 0.715. The molecule has 21 heavy (non-hydrogen) atoms. The Morgan fingerprint density at radius 1 is 1.19 bits per heavy atom. The second kappa shape index (κ2) is 9.06. The van der Waals surface area contributed by atoms with Crippen LogP contribution >= 0.6 is 0 Å². The van der Waals surface area contributed by atoms with E-state index in [0.717, 1.165) is 44.8 Å². The first-order valence-electron chi connectivity index (χ1n) is 8.15. The van der Waals surface area contributed by atoms with Crippen molar-refractivity contribution in [1.82, 2.24) is 4.90 Å². The zero-order chi connectivity index (χ0) is 15.7. The molecular formula is C18H32N2O. The third kappa shape index (κ3) is 6.96. The van der Waals surface area contributed by atoms with E-state index in [2.05, 4.69) is 50.8 Å². The number of hydrogen-bond acceptors (Lipinski definition) is 3. The molecule has 1 aromatic carbocycles. The number of nitrogens with zero attached hydrogens (tertiary/aromatic N) is 1. The molecule has 0 bridgehead atoms. The predicted molar refractivity (Wildman–Crippen MR) is 90.6 cm³/mol. The Hall–Kier alpha value is -1.06. The van der Waals surface area contributed by atoms with E-state index in [1.165, 1.54) is 5.56 Å². The summed E-state index contributed by atoms with van der Waals surface area (Å²) in [5.41, 5.74) is 7.34. The number of hydrogen-bond donors (Lipinski definition) is 1. The summed E-state index contributed by atoms with van der Waals surface area (Å²) >= 11 is 0. The second-order valence-electron chi connectivity index (χ2n) is 6.57. The molecule has 0 unspecified atom stereocenters. The first-order valence-corrected chi connectivity index (χ1v) is 8.15. The van der Waals surface area contributed by atoms with Crippen molar-refractivity contribution in [3.05, 3.63) is 29.8 Å². The minimum atomic E-state index is 0.158. The topological polar surface area (TPSA) is 38.5 Å². The summed E-state index contributed by atoms with van der Waals surface area (Å²) in [5, 5.41) is 0. The van der Waals surface area contributed by atoms with Crippen LogP contribution in [0.25, 0.3) is 0 Å². The Labute approximate surface area is 130 Å². The van der Waals surface area contributed by atoms with Gasteiger partial charge in [-0.3, -0.25) is 4.90 Å². The van der Waals surface area contributed by atoms with Crippen LogP contribution in [0.3, 0.4) is 0 Å². The standard InChI is InChI=1S/C18H32N2O/c1-5-10-20(15-18(3,4)14-19)13-16-8-7-9-17(12-16)21-11-6-2/h7-9,12H,5-6,10-11,13-15,19H2,1-4H3. The molecule has 120 valence electrons. The third-order valence-electron chi connectivity index (χ3n) is 3.52. The molecule has 0 aliphatic rings. The number of rotatable bonds is 10. The van der Waals surface area contributed by atoms with Gasteiger partial charge in [-0.25, -0.2) is 0 Å². The summed E-state index contributed by atoms with van der Waals surface area (Å²) in [6, 6.07) is 8.45. The van der Waals surface area contributed by atoms with Gasteiger partial charge in [-0.2, -0.15) is 0 Å². The first kappa shape index (κ1) is 18.0. The highest BCUT2D eigenvalue weighted by Gasteiger charge is 2.20. The van der Waals surface area contributed by atoms with E-state index in [9.17, 15) is 0 Å². The van der Waals surface area contributed by atoms with Crippen LogP contribution in [0, 0.1) is 5.41 Å². The number of ether oxygens (including phenoxy) is 1. The van der Waals surface area contributed by atoms with Crippen molar-refractivity contribution in [1.29, 1.82) is 0 Å². The summed E-state index contributed by atoms with van der Waals surface area (Å²) in [6.07, 6.45) is 2.20. The van der Waals surface area contributed by atoms with Crippen LogP contribution < -0.4 is 10.5 Å². The van der Waals surface area contributed by atoms with Crippen molar-refractivity contribution in [2.45, 2.75) is 47.1 Å². The van der Waals surface area contributed by atoms with Crippen LogP contribution in [0.4, 0.5) is 0 Å². The van der Waals surface area contributed by atoms with E-state index in [4.69, 9.17) is 10.5 Å². The summed E-state index contributed by atoms with van der Waals surface area (Å²) in [6.45, 7) is 13.4. The van der Waals surface area contributed by atoms with Crippen LogP contribution in [0.2, 0.25) is 0 Å². The van der Waals surface area contributed by atoms with Crippen molar-refractivity contribution in [3.8, 4) is 5.75 Å². The summed E-state index contributed by atoms with van der Waals surface area (Å²) in [7, 11) is 0. The van der Waals surface area contributed by atoms with Gasteiger partial charge in [-0.1, -0.05) is 39.8 Å². The normalized spacial score (nSPS) is 11.9. The maximum absolute atomic E-state index is 5.88. The van der Waals surface area contributed by atoms with Gasteiger partial charge in [0, 0.05) is 13.1 Å². The van der Waals surface area contributed by atoms with Gasteiger partial charge in [-0.15, -0.1) is 0 Å². The predicted octanol–water partition coefficient (Wildman–Crippen LogP) is 3.67. The van der Waals surface area contributed by atoms with Crippen LogP contribution in [-0.2, 0) is 6.54 Å². The highest BCUT2D eigenvalue weighted by molar-refractivity contribution is 5.28. The van der Waals surface area contributed by atoms with Crippen molar-refractivity contribution < 1.29 is 4.74 Å². The van der Waals surface area contributed by atoms with Crippen LogP contribution in [0.1, 0.15) is 46.1 Å². The monoisotopic (exact) mass is 292 g/mol. The molecule has 0 aliphatic carbocycles. The minimum absolute atomic E-state index is 0.158. The van der Waals surface area contributed by atoms with Gasteiger partial charge in [0.05, 0.1) is 6.61 Å². The van der Waals surface area contributed by atoms with E-state index in [0.29, 0.717) is 6.54 Å². The Balaban J connectivity index is 2.69. The van der Waals surface area contributed by atoms with Crippen molar-refractivity contribution in [2.75, 3.05) is 26.2 Å². The summed E-state index contributed by atoms with van der Waals surface area (Å²) < 4.78 is 5.72. The molecule has 3 nitrogen and oxygen atoms in total. The molecule has 0 aliphatic heterocycles. The van der Waals surface area contributed by atoms with Crippen molar-refractivity contribution in [3.63, 3.8) is 0 Å². The Morgan fingerprint density at radius 2 is 1.95 bits per heavy atom. The van der Waals surface area contributed by atoms with Gasteiger partial charge < -0.3 is 10.5 Å². The molecule has 1 rings (SSSR count). The van der Waals surface area contributed by atoms with Gasteiger partial charge in [0.15, 0.2) is 0 Å². The average molecular weight is 292 g/mol. The fraction of sp³-hybridized carbons (Fsp3) is 0.667. The SMILES string of the molecule is CCCOc1cccc(CN(CCC)CC(C)(C)CN)c1. The molecule has 1 aromatic rings. The minimum Gasteiger partial charge on any atom is -0.494 e. The molecule has 0 saturated carbocycles. The summed E-state index contributed by atoms with van der Waals surface area (Å²) in [5.74, 6) is 0.976. The van der Waals surface area contributed by atoms with E-state index in [-0.39, 0.29) is 5.41 Å². The van der Waals surface area contributed by atoms with Gasteiger partial charge in [0.1, 0.15) is 5.75 Å². The lowest BCUT2D eigenvalue weighted by atomic mass is 9.93. The van der Waals surface area contributed by atoms with Gasteiger partial charge in [0.25, 0.3) is 0 Å². The molecule has 0 saturated heterocycles. The van der Waals surface area contributed by atoms with Crippen molar-refractivity contribution in [2.24, 2.45) is 11.1 Å². The lowest BCUT2D eigenvalue weighted by Crippen LogP contribution is -2.38. The van der Waals surface area contributed by atoms with E-state index in [1.807, 2.05) is 6.07 Å². The molecular weight excluding hydrogens is 260 g/mol. The smallest absolute Gasteiger partial charge is 0.119 e. The zero-order valence-electron chi connectivity index (χ0n) is 14.2. The highest BCUT2D eigenvalue weighted by Crippen LogP contribution is 2.19.